The zero-order valence-corrected chi connectivity index (χ0v) is 20.2. The average molecular weight is 421 g/mol. The van der Waals surface area contributed by atoms with Gasteiger partial charge in [-0.25, -0.2) is 4.79 Å². The van der Waals surface area contributed by atoms with Crippen LogP contribution >= 0.6 is 0 Å². The zero-order chi connectivity index (χ0) is 22.7. The fourth-order valence-corrected chi connectivity index (χ4v) is 3.85. The Hall–Kier alpha value is -1.58. The summed E-state index contributed by atoms with van der Waals surface area (Å²) in [5.74, 6) is 1.23. The van der Waals surface area contributed by atoms with Crippen molar-refractivity contribution in [1.82, 2.24) is 0 Å². The molecule has 172 valence electrons. The van der Waals surface area contributed by atoms with E-state index in [4.69, 9.17) is 4.42 Å². The molecule has 1 heterocycles. The van der Waals surface area contributed by atoms with Crippen molar-refractivity contribution in [3.63, 3.8) is 0 Å². The quantitative estimate of drug-likeness (QED) is 0.333. The van der Waals surface area contributed by atoms with Gasteiger partial charge < -0.3 is 9.52 Å². The van der Waals surface area contributed by atoms with E-state index in [0.29, 0.717) is 54.4 Å². The van der Waals surface area contributed by atoms with Crippen molar-refractivity contribution in [3.8, 4) is 5.75 Å². The predicted octanol–water partition coefficient (Wildman–Crippen LogP) is 6.95. The molecular weight excluding hydrogens is 376 g/mol. The number of unbranched alkanes of at least 4 members (excludes halogenated alkanes) is 2. The van der Waals surface area contributed by atoms with Crippen molar-refractivity contribution < 1.29 is 14.3 Å². The molecule has 0 unspecified atom stereocenters. The fourth-order valence-electron chi connectivity index (χ4n) is 3.85. The highest BCUT2D eigenvalue weighted by molar-refractivity contribution is 5.85. The molecule has 30 heavy (non-hydrogen) atoms. The largest absolute Gasteiger partial charge is 0.507 e. The number of carbonyl (C=O) groups excluding carboxylic acids is 1. The van der Waals surface area contributed by atoms with E-state index in [2.05, 4.69) is 41.5 Å². The molecule has 0 aliphatic heterocycles. The molecule has 4 heteroatoms. The van der Waals surface area contributed by atoms with Gasteiger partial charge in [0.15, 0.2) is 0 Å². The summed E-state index contributed by atoms with van der Waals surface area (Å²) in [6, 6.07) is 0. The highest BCUT2D eigenvalue weighted by atomic mass is 16.4. The third-order valence-corrected chi connectivity index (χ3v) is 5.83. The molecule has 0 saturated heterocycles. The molecule has 0 bridgehead atoms. The lowest BCUT2D eigenvalue weighted by Gasteiger charge is -2.20. The van der Waals surface area contributed by atoms with Gasteiger partial charge in [0, 0.05) is 12.0 Å². The van der Waals surface area contributed by atoms with Crippen LogP contribution in [0.2, 0.25) is 0 Å². The summed E-state index contributed by atoms with van der Waals surface area (Å²) in [7, 11) is 0. The maximum Gasteiger partial charge on any atom is 0.342 e. The molecule has 0 aromatic carbocycles. The molecule has 1 atom stereocenters. The minimum absolute atomic E-state index is 0.0758. The Morgan fingerprint density at radius 3 is 2.07 bits per heavy atom. The molecule has 1 rings (SSSR count). The second-order valence-electron chi connectivity index (χ2n) is 9.54. The highest BCUT2D eigenvalue weighted by Crippen LogP contribution is 2.35. The zero-order valence-electron chi connectivity index (χ0n) is 20.2. The number of Topliss-reactive ketones (excluding diaryl/α,β-unsaturated/α-hetero) is 1. The van der Waals surface area contributed by atoms with Crippen LogP contribution in [0, 0.1) is 11.8 Å². The first kappa shape index (κ1) is 26.5. The van der Waals surface area contributed by atoms with Gasteiger partial charge in [0.05, 0.1) is 11.5 Å². The molecule has 1 aromatic heterocycles. The van der Waals surface area contributed by atoms with Crippen LogP contribution in [0.15, 0.2) is 9.21 Å². The second kappa shape index (κ2) is 13.7. The van der Waals surface area contributed by atoms with E-state index in [9.17, 15) is 14.7 Å². The Bertz CT molecular complexity index is 700. The van der Waals surface area contributed by atoms with Crippen LogP contribution in [0.4, 0.5) is 0 Å². The van der Waals surface area contributed by atoms with Crippen LogP contribution in [-0.4, -0.2) is 10.9 Å². The smallest absolute Gasteiger partial charge is 0.342 e. The number of rotatable bonds is 15. The van der Waals surface area contributed by atoms with Crippen molar-refractivity contribution in [2.75, 3.05) is 0 Å². The first-order valence-corrected chi connectivity index (χ1v) is 12.1. The third-order valence-electron chi connectivity index (χ3n) is 5.83. The van der Waals surface area contributed by atoms with Gasteiger partial charge in [-0.3, -0.25) is 4.79 Å². The molecule has 0 fully saturated rings. The van der Waals surface area contributed by atoms with Crippen LogP contribution in [0.3, 0.4) is 0 Å². The minimum Gasteiger partial charge on any atom is -0.507 e. The van der Waals surface area contributed by atoms with Crippen molar-refractivity contribution in [2.45, 2.75) is 118 Å². The molecule has 0 spiro atoms. The van der Waals surface area contributed by atoms with Gasteiger partial charge in [-0.05, 0) is 50.4 Å². The molecule has 0 aliphatic carbocycles. The van der Waals surface area contributed by atoms with E-state index in [1.807, 2.05) is 0 Å². The highest BCUT2D eigenvalue weighted by Gasteiger charge is 2.29. The Labute approximate surface area is 183 Å². The fraction of sp³-hybridized carbons (Fsp3) is 0.769. The summed E-state index contributed by atoms with van der Waals surface area (Å²) < 4.78 is 5.82. The molecular formula is C26H44O4. The molecule has 1 N–H and O–H groups in total. The van der Waals surface area contributed by atoms with Crippen molar-refractivity contribution in [2.24, 2.45) is 11.8 Å². The lowest BCUT2D eigenvalue weighted by molar-refractivity contribution is -0.121. The van der Waals surface area contributed by atoms with Gasteiger partial charge in [-0.2, -0.15) is 0 Å². The van der Waals surface area contributed by atoms with E-state index in [-0.39, 0.29) is 11.5 Å². The Kier molecular flexibility index (Phi) is 12.1. The number of aromatic hydroxyl groups is 1. The normalized spacial score (nSPS) is 12.7. The summed E-state index contributed by atoms with van der Waals surface area (Å²) >= 11 is 0. The van der Waals surface area contributed by atoms with E-state index in [1.54, 1.807) is 0 Å². The van der Waals surface area contributed by atoms with Crippen LogP contribution in [-0.2, 0) is 17.6 Å². The first-order valence-electron chi connectivity index (χ1n) is 12.1. The summed E-state index contributed by atoms with van der Waals surface area (Å²) in [6.45, 7) is 12.8. The summed E-state index contributed by atoms with van der Waals surface area (Å²) in [4.78, 5) is 25.9. The average Bonchev–Trinajstić information content (AvgIpc) is 2.67. The third kappa shape index (κ3) is 8.28. The van der Waals surface area contributed by atoms with E-state index < -0.39 is 11.5 Å². The van der Waals surface area contributed by atoms with Gasteiger partial charge in [-0.1, -0.05) is 67.2 Å². The Balaban J connectivity index is 3.36. The number of hydrogen-bond donors (Lipinski definition) is 1. The van der Waals surface area contributed by atoms with E-state index >= 15 is 0 Å². The standard InChI is InChI=1S/C26H44O4/c1-7-9-13-20(23(27)15-11-12-18(3)4)25-21(17-16-19(5)6)24(28)22(14-10-8-2)26(29)30-25/h18-20,28H,7-17H2,1-6H3/t20-/m1/s1. The van der Waals surface area contributed by atoms with Crippen LogP contribution in [0.1, 0.15) is 122 Å². The Morgan fingerprint density at radius 1 is 0.867 bits per heavy atom. The molecule has 0 aliphatic rings. The van der Waals surface area contributed by atoms with Crippen LogP contribution < -0.4 is 5.63 Å². The molecule has 1 aromatic rings. The first-order chi connectivity index (χ1) is 14.2. The SMILES string of the molecule is CCCCc1c(O)c(CCC(C)C)c([C@H](CCCC)C(=O)CCCC(C)C)oc1=O. The van der Waals surface area contributed by atoms with Gasteiger partial charge >= 0.3 is 5.63 Å². The lowest BCUT2D eigenvalue weighted by atomic mass is 9.86. The maximum atomic E-state index is 13.2. The van der Waals surface area contributed by atoms with Gasteiger partial charge in [0.1, 0.15) is 17.3 Å². The molecule has 4 nitrogen and oxygen atoms in total. The number of hydrogen-bond acceptors (Lipinski definition) is 4. The summed E-state index contributed by atoms with van der Waals surface area (Å²) in [6.07, 6.45) is 8.69. The van der Waals surface area contributed by atoms with Crippen molar-refractivity contribution in [3.05, 3.63) is 27.3 Å². The predicted molar refractivity (Wildman–Crippen MR) is 124 cm³/mol. The van der Waals surface area contributed by atoms with Crippen LogP contribution in [0.5, 0.6) is 5.75 Å². The molecule has 0 radical (unpaired) electrons. The number of carbonyl (C=O) groups is 1. The minimum atomic E-state index is -0.472. The van der Waals surface area contributed by atoms with Crippen molar-refractivity contribution >= 4 is 5.78 Å². The van der Waals surface area contributed by atoms with Crippen LogP contribution in [0.25, 0.3) is 0 Å². The van der Waals surface area contributed by atoms with Gasteiger partial charge in [0.2, 0.25) is 0 Å². The summed E-state index contributed by atoms with van der Waals surface area (Å²) in [5, 5.41) is 11.0. The molecule has 0 amide bonds. The Morgan fingerprint density at radius 2 is 1.50 bits per heavy atom. The topological polar surface area (TPSA) is 67.5 Å². The molecule has 0 saturated carbocycles. The van der Waals surface area contributed by atoms with Crippen molar-refractivity contribution in [1.29, 1.82) is 0 Å². The number of ketones is 1. The summed E-state index contributed by atoms with van der Waals surface area (Å²) in [5.41, 5.74) is 0.592. The lowest BCUT2D eigenvalue weighted by Crippen LogP contribution is -2.20. The van der Waals surface area contributed by atoms with E-state index in [0.717, 1.165) is 44.9 Å². The second-order valence-corrected chi connectivity index (χ2v) is 9.54. The monoisotopic (exact) mass is 420 g/mol. The van der Waals surface area contributed by atoms with E-state index in [1.165, 1.54) is 0 Å². The van der Waals surface area contributed by atoms with Gasteiger partial charge in [-0.15, -0.1) is 0 Å². The van der Waals surface area contributed by atoms with Gasteiger partial charge in [0.25, 0.3) is 0 Å². The maximum absolute atomic E-state index is 13.2.